The fourth-order valence-corrected chi connectivity index (χ4v) is 4.80. The molecule has 0 aliphatic heterocycles. The molecule has 3 rings (SSSR count). The van der Waals surface area contributed by atoms with E-state index in [2.05, 4.69) is 49.3 Å². The summed E-state index contributed by atoms with van der Waals surface area (Å²) >= 11 is 1.99. The molecule has 0 saturated heterocycles. The average Bonchev–Trinajstić information content (AvgIpc) is 3.05. The number of carboxylic acid groups (broad SMARTS) is 2. The van der Waals surface area contributed by atoms with Crippen molar-refractivity contribution in [2.45, 2.75) is 37.6 Å². The summed E-state index contributed by atoms with van der Waals surface area (Å²) in [7, 11) is 4.49. The van der Waals surface area contributed by atoms with Crippen molar-refractivity contribution in [2.75, 3.05) is 14.1 Å². The SMILES string of the molecule is CN(C)C1(c2cc3ccccc3s2)CCCCC1.O=C(O)/C=C/C(=O)O. The molecule has 1 aliphatic rings. The molecule has 0 atom stereocenters. The molecule has 0 radical (unpaired) electrons. The van der Waals surface area contributed by atoms with Gasteiger partial charge in [0.1, 0.15) is 0 Å². The summed E-state index contributed by atoms with van der Waals surface area (Å²) in [6.45, 7) is 0. The molecule has 1 aliphatic carbocycles. The lowest BCUT2D eigenvalue weighted by Gasteiger charge is -2.42. The van der Waals surface area contributed by atoms with E-state index < -0.39 is 11.9 Å². The zero-order chi connectivity index (χ0) is 19.2. The minimum Gasteiger partial charge on any atom is -0.478 e. The van der Waals surface area contributed by atoms with Gasteiger partial charge in [-0.05, 0) is 44.5 Å². The maximum Gasteiger partial charge on any atom is 0.328 e. The summed E-state index contributed by atoms with van der Waals surface area (Å²) < 4.78 is 1.43. The number of thiophene rings is 1. The number of benzene rings is 1. The van der Waals surface area contributed by atoms with E-state index in [9.17, 15) is 9.59 Å². The second-order valence-electron chi connectivity index (χ2n) is 6.64. The van der Waals surface area contributed by atoms with E-state index in [1.165, 1.54) is 42.2 Å². The Morgan fingerprint density at radius 2 is 1.62 bits per heavy atom. The van der Waals surface area contributed by atoms with Gasteiger partial charge in [-0.15, -0.1) is 11.3 Å². The number of rotatable bonds is 4. The summed E-state index contributed by atoms with van der Waals surface area (Å²) in [5.41, 5.74) is 0.294. The van der Waals surface area contributed by atoms with Gasteiger partial charge in [-0.3, -0.25) is 4.90 Å². The lowest BCUT2D eigenvalue weighted by Crippen LogP contribution is -2.42. The van der Waals surface area contributed by atoms with Gasteiger partial charge in [-0.2, -0.15) is 0 Å². The number of carboxylic acids is 2. The van der Waals surface area contributed by atoms with Gasteiger partial charge in [0.25, 0.3) is 0 Å². The van der Waals surface area contributed by atoms with Gasteiger partial charge in [0.2, 0.25) is 0 Å². The third kappa shape index (κ3) is 4.93. The third-order valence-corrected chi connectivity index (χ3v) is 6.10. The first kappa shape index (κ1) is 20.1. The van der Waals surface area contributed by atoms with Crippen LogP contribution in [0.15, 0.2) is 42.5 Å². The quantitative estimate of drug-likeness (QED) is 0.778. The summed E-state index contributed by atoms with van der Waals surface area (Å²) in [6.07, 6.45) is 7.88. The monoisotopic (exact) mass is 375 g/mol. The van der Waals surface area contributed by atoms with E-state index in [1.54, 1.807) is 4.88 Å². The van der Waals surface area contributed by atoms with Gasteiger partial charge >= 0.3 is 11.9 Å². The van der Waals surface area contributed by atoms with Crippen molar-refractivity contribution in [3.63, 3.8) is 0 Å². The van der Waals surface area contributed by atoms with E-state index in [-0.39, 0.29) is 0 Å². The van der Waals surface area contributed by atoms with Crippen LogP contribution in [-0.4, -0.2) is 41.1 Å². The van der Waals surface area contributed by atoms with E-state index >= 15 is 0 Å². The molecule has 6 heteroatoms. The first-order valence-electron chi connectivity index (χ1n) is 8.65. The van der Waals surface area contributed by atoms with Gasteiger partial charge in [-0.25, -0.2) is 9.59 Å². The highest BCUT2D eigenvalue weighted by Crippen LogP contribution is 2.45. The minimum absolute atomic E-state index is 0.294. The lowest BCUT2D eigenvalue weighted by atomic mass is 9.79. The Bertz CT molecular complexity index is 739. The second-order valence-corrected chi connectivity index (χ2v) is 7.73. The van der Waals surface area contributed by atoms with Crippen molar-refractivity contribution in [3.8, 4) is 0 Å². The Balaban J connectivity index is 0.000000260. The topological polar surface area (TPSA) is 77.8 Å². The summed E-state index contributed by atoms with van der Waals surface area (Å²) in [6, 6.07) is 11.2. The number of fused-ring (bicyclic) bond motifs is 1. The van der Waals surface area contributed by atoms with Crippen molar-refractivity contribution in [1.82, 2.24) is 4.90 Å². The predicted molar refractivity (Wildman–Crippen MR) is 105 cm³/mol. The standard InChI is InChI=1S/C16H21NS.C4H4O4/c1-17(2)16(10-6-3-7-11-16)15-12-13-8-4-5-9-14(13)18-15;5-3(6)1-2-4(7)8/h4-5,8-9,12H,3,6-7,10-11H2,1-2H3;1-2H,(H,5,6)(H,7,8)/b;2-1+. The molecule has 1 saturated carbocycles. The molecule has 2 N–H and O–H groups in total. The van der Waals surface area contributed by atoms with Gasteiger partial charge in [0, 0.05) is 21.7 Å². The van der Waals surface area contributed by atoms with Crippen molar-refractivity contribution in [3.05, 3.63) is 47.4 Å². The van der Waals surface area contributed by atoms with Crippen LogP contribution in [0, 0.1) is 0 Å². The lowest BCUT2D eigenvalue weighted by molar-refractivity contribution is -0.134. The highest BCUT2D eigenvalue weighted by molar-refractivity contribution is 7.19. The average molecular weight is 375 g/mol. The van der Waals surface area contributed by atoms with Crippen LogP contribution >= 0.6 is 11.3 Å². The fraction of sp³-hybridized carbons (Fsp3) is 0.400. The number of aliphatic carboxylic acids is 2. The molecule has 0 amide bonds. The van der Waals surface area contributed by atoms with E-state index in [0.29, 0.717) is 17.7 Å². The molecule has 5 nitrogen and oxygen atoms in total. The summed E-state index contributed by atoms with van der Waals surface area (Å²) in [4.78, 5) is 23.1. The Morgan fingerprint density at radius 1 is 1.04 bits per heavy atom. The van der Waals surface area contributed by atoms with Crippen LogP contribution in [0.4, 0.5) is 0 Å². The normalized spacial score (nSPS) is 16.4. The third-order valence-electron chi connectivity index (χ3n) is 4.79. The molecule has 1 fully saturated rings. The Kier molecular flexibility index (Phi) is 6.94. The van der Waals surface area contributed by atoms with Crippen LogP contribution in [0.5, 0.6) is 0 Å². The first-order valence-corrected chi connectivity index (χ1v) is 9.47. The number of hydrogen-bond acceptors (Lipinski definition) is 4. The molecular weight excluding hydrogens is 350 g/mol. The molecule has 0 unspecified atom stereocenters. The van der Waals surface area contributed by atoms with E-state index in [0.717, 1.165) is 0 Å². The van der Waals surface area contributed by atoms with Gasteiger partial charge in [0.15, 0.2) is 0 Å². The van der Waals surface area contributed by atoms with E-state index in [4.69, 9.17) is 10.2 Å². The van der Waals surface area contributed by atoms with Crippen molar-refractivity contribution in [2.24, 2.45) is 0 Å². The molecule has 140 valence electrons. The van der Waals surface area contributed by atoms with Crippen molar-refractivity contribution < 1.29 is 19.8 Å². The summed E-state index contributed by atoms with van der Waals surface area (Å²) in [5, 5.41) is 17.0. The van der Waals surface area contributed by atoms with Crippen LogP contribution in [0.1, 0.15) is 37.0 Å². The molecule has 2 aromatic rings. The van der Waals surface area contributed by atoms with Crippen LogP contribution < -0.4 is 0 Å². The highest BCUT2D eigenvalue weighted by atomic mass is 32.1. The highest BCUT2D eigenvalue weighted by Gasteiger charge is 2.37. The van der Waals surface area contributed by atoms with Crippen molar-refractivity contribution >= 4 is 33.4 Å². The molecule has 0 spiro atoms. The zero-order valence-electron chi connectivity index (χ0n) is 15.1. The minimum atomic E-state index is -1.26. The van der Waals surface area contributed by atoms with Gasteiger partial charge in [0.05, 0.1) is 5.54 Å². The molecule has 0 bridgehead atoms. The molecule has 26 heavy (non-hydrogen) atoms. The zero-order valence-corrected chi connectivity index (χ0v) is 16.0. The van der Waals surface area contributed by atoms with Crippen LogP contribution in [0.2, 0.25) is 0 Å². The largest absolute Gasteiger partial charge is 0.478 e. The number of carbonyl (C=O) groups is 2. The molecule has 1 aromatic heterocycles. The molecular formula is C20H25NO4S. The molecule has 1 aromatic carbocycles. The maximum atomic E-state index is 9.55. The second kappa shape index (κ2) is 8.96. The Morgan fingerprint density at radius 3 is 2.12 bits per heavy atom. The number of nitrogens with zero attached hydrogens (tertiary/aromatic N) is 1. The fourth-order valence-electron chi connectivity index (χ4n) is 3.40. The van der Waals surface area contributed by atoms with Crippen LogP contribution in [0.3, 0.4) is 0 Å². The first-order chi connectivity index (χ1) is 12.3. The maximum absolute atomic E-state index is 9.55. The smallest absolute Gasteiger partial charge is 0.328 e. The van der Waals surface area contributed by atoms with Crippen molar-refractivity contribution in [1.29, 1.82) is 0 Å². The molecule has 1 heterocycles. The number of hydrogen-bond donors (Lipinski definition) is 2. The van der Waals surface area contributed by atoms with Gasteiger partial charge in [-0.1, -0.05) is 37.5 Å². The van der Waals surface area contributed by atoms with Crippen LogP contribution in [0.25, 0.3) is 10.1 Å². The van der Waals surface area contributed by atoms with Gasteiger partial charge < -0.3 is 10.2 Å². The Labute approximate surface area is 157 Å². The summed E-state index contributed by atoms with van der Waals surface area (Å²) in [5.74, 6) is -2.51. The Hall–Kier alpha value is -2.18. The predicted octanol–water partition coefficient (Wildman–Crippen LogP) is 4.33. The van der Waals surface area contributed by atoms with Crippen LogP contribution in [-0.2, 0) is 15.1 Å². The van der Waals surface area contributed by atoms with E-state index in [1.807, 2.05) is 11.3 Å².